The molecule has 0 aromatic rings. The number of hydrogen-bond donors (Lipinski definition) is 2. The normalized spacial score (nSPS) is 26.9. The summed E-state index contributed by atoms with van der Waals surface area (Å²) in [5.74, 6) is 0.168. The summed E-state index contributed by atoms with van der Waals surface area (Å²) < 4.78 is 0. The molecule has 2 aliphatic carbocycles. The van der Waals surface area contributed by atoms with Gasteiger partial charge in [0.1, 0.15) is 0 Å². The van der Waals surface area contributed by atoms with E-state index in [-0.39, 0.29) is 23.5 Å². The predicted molar refractivity (Wildman–Crippen MR) is 63.0 cm³/mol. The smallest absolute Gasteiger partial charge is 0.226 e. The first-order valence-electron chi connectivity index (χ1n) is 6.54. The predicted octanol–water partition coefficient (Wildman–Crippen LogP) is 1.99. The van der Waals surface area contributed by atoms with Crippen molar-refractivity contribution in [1.29, 1.82) is 0 Å². The molecule has 0 heterocycles. The van der Waals surface area contributed by atoms with E-state index in [4.69, 9.17) is 0 Å². The number of hydrogen-bond acceptors (Lipinski definition) is 2. The van der Waals surface area contributed by atoms with E-state index in [1.165, 1.54) is 0 Å². The lowest BCUT2D eigenvalue weighted by atomic mass is 9.86. The fraction of sp³-hybridized carbons (Fsp3) is 0.923. The first-order valence-corrected chi connectivity index (χ1v) is 6.54. The number of nitrogens with one attached hydrogen (secondary N) is 1. The van der Waals surface area contributed by atoms with E-state index in [9.17, 15) is 9.90 Å². The quantitative estimate of drug-likeness (QED) is 0.771. The molecule has 2 fully saturated rings. The summed E-state index contributed by atoms with van der Waals surface area (Å²) in [7, 11) is 0. The lowest BCUT2D eigenvalue weighted by molar-refractivity contribution is -0.132. The average molecular weight is 225 g/mol. The Labute approximate surface area is 97.6 Å². The zero-order valence-electron chi connectivity index (χ0n) is 10.2. The summed E-state index contributed by atoms with van der Waals surface area (Å²) in [5, 5.41) is 12.6. The molecule has 0 aliphatic heterocycles. The summed E-state index contributed by atoms with van der Waals surface area (Å²) in [6.07, 6.45) is 8.44. The van der Waals surface area contributed by atoms with Crippen molar-refractivity contribution in [3.05, 3.63) is 0 Å². The average Bonchev–Trinajstić information content (AvgIpc) is 2.89. The third-order valence-corrected chi connectivity index (χ3v) is 4.50. The van der Waals surface area contributed by atoms with Crippen LogP contribution < -0.4 is 5.32 Å². The van der Waals surface area contributed by atoms with Crippen LogP contribution in [0.25, 0.3) is 0 Å². The Hall–Kier alpha value is -0.570. The van der Waals surface area contributed by atoms with Gasteiger partial charge in [0.2, 0.25) is 5.91 Å². The van der Waals surface area contributed by atoms with Crippen LogP contribution in [0.1, 0.15) is 58.3 Å². The van der Waals surface area contributed by atoms with Gasteiger partial charge in [0.25, 0.3) is 0 Å². The van der Waals surface area contributed by atoms with Gasteiger partial charge in [-0.3, -0.25) is 4.79 Å². The van der Waals surface area contributed by atoms with Gasteiger partial charge in [0.15, 0.2) is 0 Å². The Morgan fingerprint density at radius 1 is 1.12 bits per heavy atom. The van der Waals surface area contributed by atoms with Gasteiger partial charge in [-0.2, -0.15) is 0 Å². The van der Waals surface area contributed by atoms with Crippen LogP contribution in [0.2, 0.25) is 0 Å². The van der Waals surface area contributed by atoms with Crippen molar-refractivity contribution in [2.75, 3.05) is 6.61 Å². The zero-order chi connectivity index (χ0) is 11.6. The van der Waals surface area contributed by atoms with Crippen LogP contribution in [0, 0.1) is 5.41 Å². The van der Waals surface area contributed by atoms with Crippen molar-refractivity contribution < 1.29 is 9.90 Å². The molecule has 2 aliphatic rings. The second-order valence-electron chi connectivity index (χ2n) is 5.87. The van der Waals surface area contributed by atoms with E-state index in [2.05, 4.69) is 12.2 Å². The van der Waals surface area contributed by atoms with Crippen LogP contribution in [0.15, 0.2) is 0 Å². The van der Waals surface area contributed by atoms with Crippen LogP contribution in [-0.2, 0) is 4.79 Å². The highest BCUT2D eigenvalue weighted by Gasteiger charge is 2.42. The first kappa shape index (κ1) is 11.9. The standard InChI is InChI=1S/C13H23NO2/c1-12(6-2-3-7-12)11(16)14-13(10-15)8-4-5-9-13/h15H,2-10H2,1H3,(H,14,16). The van der Waals surface area contributed by atoms with E-state index >= 15 is 0 Å². The maximum Gasteiger partial charge on any atom is 0.226 e. The molecule has 2 saturated carbocycles. The first-order chi connectivity index (χ1) is 7.60. The lowest BCUT2D eigenvalue weighted by Gasteiger charge is -2.33. The SMILES string of the molecule is CC1(C(=O)NC2(CO)CCCC2)CCCC1. The minimum Gasteiger partial charge on any atom is -0.394 e. The monoisotopic (exact) mass is 225 g/mol. The highest BCUT2D eigenvalue weighted by Crippen LogP contribution is 2.39. The molecule has 16 heavy (non-hydrogen) atoms. The second kappa shape index (κ2) is 4.36. The topological polar surface area (TPSA) is 49.3 Å². The van der Waals surface area contributed by atoms with Crippen LogP contribution in [0.5, 0.6) is 0 Å². The highest BCUT2D eigenvalue weighted by atomic mass is 16.3. The van der Waals surface area contributed by atoms with Crippen LogP contribution in [0.4, 0.5) is 0 Å². The van der Waals surface area contributed by atoms with Crippen molar-refractivity contribution in [3.63, 3.8) is 0 Å². The van der Waals surface area contributed by atoms with Gasteiger partial charge in [0, 0.05) is 5.41 Å². The largest absolute Gasteiger partial charge is 0.394 e. The van der Waals surface area contributed by atoms with Crippen molar-refractivity contribution in [2.24, 2.45) is 5.41 Å². The lowest BCUT2D eigenvalue weighted by Crippen LogP contribution is -2.53. The molecule has 2 N–H and O–H groups in total. The summed E-state index contributed by atoms with van der Waals surface area (Å²) in [6.45, 7) is 2.16. The van der Waals surface area contributed by atoms with Gasteiger partial charge in [-0.15, -0.1) is 0 Å². The molecule has 0 spiro atoms. The second-order valence-corrected chi connectivity index (χ2v) is 5.87. The third-order valence-electron chi connectivity index (χ3n) is 4.50. The number of aliphatic hydroxyl groups excluding tert-OH is 1. The van der Waals surface area contributed by atoms with Gasteiger partial charge < -0.3 is 10.4 Å². The molecule has 0 aromatic heterocycles. The molecule has 0 bridgehead atoms. The molecule has 2 rings (SSSR count). The van der Waals surface area contributed by atoms with Crippen LogP contribution in [-0.4, -0.2) is 23.2 Å². The summed E-state index contributed by atoms with van der Waals surface area (Å²) in [4.78, 5) is 12.3. The molecule has 1 amide bonds. The maximum absolute atomic E-state index is 12.3. The number of aliphatic hydroxyl groups is 1. The van der Waals surface area contributed by atoms with Crippen molar-refractivity contribution in [2.45, 2.75) is 63.8 Å². The number of rotatable bonds is 3. The Bertz CT molecular complexity index is 263. The molecular weight excluding hydrogens is 202 g/mol. The number of carbonyl (C=O) groups is 1. The molecule has 0 aromatic carbocycles. The molecule has 92 valence electrons. The van der Waals surface area contributed by atoms with Gasteiger partial charge in [0.05, 0.1) is 12.1 Å². The van der Waals surface area contributed by atoms with Gasteiger partial charge >= 0.3 is 0 Å². The molecule has 0 radical (unpaired) electrons. The van der Waals surface area contributed by atoms with Crippen LogP contribution >= 0.6 is 0 Å². The van der Waals surface area contributed by atoms with Crippen molar-refractivity contribution in [3.8, 4) is 0 Å². The van der Waals surface area contributed by atoms with Gasteiger partial charge in [-0.05, 0) is 25.7 Å². The Morgan fingerprint density at radius 2 is 1.62 bits per heavy atom. The van der Waals surface area contributed by atoms with E-state index in [0.717, 1.165) is 51.4 Å². The van der Waals surface area contributed by atoms with Gasteiger partial charge in [-0.1, -0.05) is 32.6 Å². The highest BCUT2D eigenvalue weighted by molar-refractivity contribution is 5.83. The number of carbonyl (C=O) groups excluding carboxylic acids is 1. The summed E-state index contributed by atoms with van der Waals surface area (Å²) in [5.41, 5.74) is -0.479. The van der Waals surface area contributed by atoms with E-state index < -0.39 is 0 Å². The summed E-state index contributed by atoms with van der Waals surface area (Å²) in [6, 6.07) is 0. The molecule has 0 atom stereocenters. The molecule has 0 saturated heterocycles. The molecule has 0 unspecified atom stereocenters. The van der Waals surface area contributed by atoms with Crippen LogP contribution in [0.3, 0.4) is 0 Å². The molecule has 3 nitrogen and oxygen atoms in total. The fourth-order valence-corrected chi connectivity index (χ4v) is 3.15. The van der Waals surface area contributed by atoms with E-state index in [1.807, 2.05) is 0 Å². The Balaban J connectivity index is 2.00. The van der Waals surface area contributed by atoms with E-state index in [0.29, 0.717) is 0 Å². The van der Waals surface area contributed by atoms with Crippen molar-refractivity contribution >= 4 is 5.91 Å². The fourth-order valence-electron chi connectivity index (χ4n) is 3.15. The van der Waals surface area contributed by atoms with Crippen molar-refractivity contribution in [1.82, 2.24) is 5.32 Å². The third kappa shape index (κ3) is 2.10. The molecule has 3 heteroatoms. The van der Waals surface area contributed by atoms with E-state index in [1.54, 1.807) is 0 Å². The maximum atomic E-state index is 12.3. The minimum atomic E-state index is -0.303. The van der Waals surface area contributed by atoms with Gasteiger partial charge in [-0.25, -0.2) is 0 Å². The zero-order valence-corrected chi connectivity index (χ0v) is 10.2. The molecular formula is C13H23NO2. The Morgan fingerprint density at radius 3 is 2.12 bits per heavy atom. The summed E-state index contributed by atoms with van der Waals surface area (Å²) >= 11 is 0. The number of amides is 1. The minimum absolute atomic E-state index is 0.0921. The Kier molecular flexibility index (Phi) is 3.24.